The minimum atomic E-state index is 0.674. The average molecular weight is 316 g/mol. The molecule has 2 saturated carbocycles. The monoisotopic (exact) mass is 315 g/mol. The first-order chi connectivity index (χ1) is 11.3. The zero-order chi connectivity index (χ0) is 16.0. The van der Waals surface area contributed by atoms with Gasteiger partial charge in [-0.15, -0.1) is 0 Å². The molecule has 23 heavy (non-hydrogen) atoms. The van der Waals surface area contributed by atoms with Crippen molar-refractivity contribution in [1.82, 2.24) is 5.32 Å². The van der Waals surface area contributed by atoms with Crippen molar-refractivity contribution < 1.29 is 0 Å². The Morgan fingerprint density at radius 3 is 2.57 bits per heavy atom. The lowest BCUT2D eigenvalue weighted by atomic mass is 9.59. The molecule has 1 nitrogen and oxygen atoms in total. The first-order valence-electron chi connectivity index (χ1n) is 10.3. The van der Waals surface area contributed by atoms with E-state index in [0.29, 0.717) is 5.41 Å². The summed E-state index contributed by atoms with van der Waals surface area (Å²) in [5, 5.41) is 3.31. The topological polar surface area (TPSA) is 12.0 Å². The maximum Gasteiger partial charge on any atom is -0.00518 e. The normalized spacial score (nSPS) is 32.2. The summed E-state index contributed by atoms with van der Waals surface area (Å²) < 4.78 is 0. The van der Waals surface area contributed by atoms with E-state index in [4.69, 9.17) is 0 Å². The quantitative estimate of drug-likeness (QED) is 0.566. The van der Waals surface area contributed by atoms with Crippen LogP contribution in [0.1, 0.15) is 83.5 Å². The highest BCUT2D eigenvalue weighted by Crippen LogP contribution is 2.54. The molecule has 1 heteroatoms. The van der Waals surface area contributed by atoms with Crippen LogP contribution in [0.25, 0.3) is 0 Å². The van der Waals surface area contributed by atoms with Crippen LogP contribution in [0.4, 0.5) is 0 Å². The van der Waals surface area contributed by atoms with E-state index in [1.165, 1.54) is 90.0 Å². The maximum atomic E-state index is 3.31. The smallest absolute Gasteiger partial charge is 0.00518 e. The van der Waals surface area contributed by atoms with Crippen molar-refractivity contribution in [3.63, 3.8) is 0 Å². The summed E-state index contributed by atoms with van der Waals surface area (Å²) in [5.74, 6) is 2.05. The molecule has 0 aromatic heterocycles. The van der Waals surface area contributed by atoms with Gasteiger partial charge in [0.25, 0.3) is 0 Å². The van der Waals surface area contributed by atoms with Crippen LogP contribution in [0.2, 0.25) is 0 Å². The summed E-state index contributed by atoms with van der Waals surface area (Å²) in [4.78, 5) is 0. The zero-order valence-electron chi connectivity index (χ0n) is 15.3. The van der Waals surface area contributed by atoms with E-state index in [1.807, 2.05) is 0 Å². The second kappa shape index (κ2) is 8.51. The molecular formula is C22H37N. The van der Waals surface area contributed by atoms with Gasteiger partial charge in [0, 0.05) is 0 Å². The fourth-order valence-electron chi connectivity index (χ4n) is 5.63. The van der Waals surface area contributed by atoms with Crippen LogP contribution in [-0.4, -0.2) is 13.6 Å². The Balaban J connectivity index is 1.61. The number of hydrogen-bond donors (Lipinski definition) is 1. The molecule has 130 valence electrons. The van der Waals surface area contributed by atoms with Crippen molar-refractivity contribution >= 4 is 0 Å². The minimum absolute atomic E-state index is 0.674. The van der Waals surface area contributed by atoms with Gasteiger partial charge in [-0.25, -0.2) is 0 Å². The molecule has 3 aliphatic rings. The lowest BCUT2D eigenvalue weighted by Gasteiger charge is -2.46. The Kier molecular flexibility index (Phi) is 6.39. The highest BCUT2D eigenvalue weighted by Gasteiger charge is 2.42. The van der Waals surface area contributed by atoms with Crippen LogP contribution >= 0.6 is 0 Å². The van der Waals surface area contributed by atoms with Gasteiger partial charge in [-0.1, -0.05) is 36.6 Å². The third-order valence-corrected chi connectivity index (χ3v) is 7.04. The largest absolute Gasteiger partial charge is 0.320 e. The van der Waals surface area contributed by atoms with E-state index >= 15 is 0 Å². The van der Waals surface area contributed by atoms with E-state index in [1.54, 1.807) is 5.57 Å². The van der Waals surface area contributed by atoms with E-state index < -0.39 is 0 Å². The summed E-state index contributed by atoms with van der Waals surface area (Å²) in [5.41, 5.74) is 2.43. The first kappa shape index (κ1) is 17.3. The van der Waals surface area contributed by atoms with Gasteiger partial charge in [-0.2, -0.15) is 0 Å². The van der Waals surface area contributed by atoms with Gasteiger partial charge < -0.3 is 5.32 Å². The molecule has 3 aliphatic carbocycles. The van der Waals surface area contributed by atoms with Gasteiger partial charge in [-0.3, -0.25) is 0 Å². The highest BCUT2D eigenvalue weighted by molar-refractivity contribution is 5.20. The standard InChI is InChI=1S/C22H37N/c1-23-17-7-10-19-13-15-22(16-14-19,21-11-5-6-12-21)18-20-8-3-2-4-9-20/h2-3,8,19,21,23H,4-7,9-18H2,1H3. The lowest BCUT2D eigenvalue weighted by Crippen LogP contribution is -2.34. The molecule has 1 N–H and O–H groups in total. The third-order valence-electron chi connectivity index (χ3n) is 7.04. The van der Waals surface area contributed by atoms with Crippen LogP contribution in [0, 0.1) is 17.3 Å². The van der Waals surface area contributed by atoms with E-state index in [-0.39, 0.29) is 0 Å². The van der Waals surface area contributed by atoms with Crippen molar-refractivity contribution in [2.45, 2.75) is 83.5 Å². The molecule has 0 aromatic carbocycles. The van der Waals surface area contributed by atoms with Gasteiger partial charge in [0.15, 0.2) is 0 Å². The zero-order valence-corrected chi connectivity index (χ0v) is 15.3. The second-order valence-corrected chi connectivity index (χ2v) is 8.50. The predicted molar refractivity (Wildman–Crippen MR) is 101 cm³/mol. The van der Waals surface area contributed by atoms with E-state index in [2.05, 4.69) is 30.6 Å². The molecule has 0 unspecified atom stereocenters. The van der Waals surface area contributed by atoms with Gasteiger partial charge in [0.05, 0.1) is 0 Å². The predicted octanol–water partition coefficient (Wildman–Crippen LogP) is 6.02. The van der Waals surface area contributed by atoms with Crippen molar-refractivity contribution in [3.8, 4) is 0 Å². The molecule has 0 bridgehead atoms. The fourth-order valence-corrected chi connectivity index (χ4v) is 5.63. The lowest BCUT2D eigenvalue weighted by molar-refractivity contribution is 0.0708. The van der Waals surface area contributed by atoms with Crippen molar-refractivity contribution in [1.29, 1.82) is 0 Å². The summed E-state index contributed by atoms with van der Waals surface area (Å²) in [7, 11) is 2.08. The highest BCUT2D eigenvalue weighted by atomic mass is 14.8. The average Bonchev–Trinajstić information content (AvgIpc) is 3.13. The van der Waals surface area contributed by atoms with Gasteiger partial charge in [0.2, 0.25) is 0 Å². The number of allylic oxidation sites excluding steroid dienone is 4. The molecule has 0 spiro atoms. The van der Waals surface area contributed by atoms with Gasteiger partial charge in [0.1, 0.15) is 0 Å². The second-order valence-electron chi connectivity index (χ2n) is 8.50. The first-order valence-corrected chi connectivity index (χ1v) is 10.3. The summed E-state index contributed by atoms with van der Waals surface area (Å²) >= 11 is 0. The Bertz CT molecular complexity index is 406. The molecule has 0 aromatic rings. The third kappa shape index (κ3) is 4.50. The molecule has 0 aliphatic heterocycles. The molecule has 2 fully saturated rings. The fraction of sp³-hybridized carbons (Fsp3) is 0.818. The molecular weight excluding hydrogens is 278 g/mol. The minimum Gasteiger partial charge on any atom is -0.320 e. The number of nitrogens with one attached hydrogen (secondary N) is 1. The SMILES string of the molecule is CNCCCC1CCC(CC2=CC=CCC2)(C2CCCC2)CC1. The maximum absolute atomic E-state index is 3.31. The van der Waals surface area contributed by atoms with E-state index in [9.17, 15) is 0 Å². The van der Waals surface area contributed by atoms with Crippen LogP contribution in [0.15, 0.2) is 23.8 Å². The summed E-state index contributed by atoms with van der Waals surface area (Å²) in [6, 6.07) is 0. The summed E-state index contributed by atoms with van der Waals surface area (Å²) in [6.45, 7) is 1.20. The van der Waals surface area contributed by atoms with E-state index in [0.717, 1.165) is 11.8 Å². The van der Waals surface area contributed by atoms with Crippen molar-refractivity contribution in [3.05, 3.63) is 23.8 Å². The Labute approximate surface area is 144 Å². The van der Waals surface area contributed by atoms with Crippen LogP contribution in [0.5, 0.6) is 0 Å². The van der Waals surface area contributed by atoms with Crippen LogP contribution < -0.4 is 5.32 Å². The molecule has 3 rings (SSSR count). The molecule has 0 radical (unpaired) electrons. The Morgan fingerprint density at radius 2 is 1.91 bits per heavy atom. The van der Waals surface area contributed by atoms with Crippen LogP contribution in [-0.2, 0) is 0 Å². The summed E-state index contributed by atoms with van der Waals surface area (Å²) in [6.07, 6.45) is 26.0. The van der Waals surface area contributed by atoms with Crippen LogP contribution in [0.3, 0.4) is 0 Å². The number of hydrogen-bond acceptors (Lipinski definition) is 1. The van der Waals surface area contributed by atoms with Gasteiger partial charge >= 0.3 is 0 Å². The van der Waals surface area contributed by atoms with Crippen molar-refractivity contribution in [2.75, 3.05) is 13.6 Å². The molecule has 0 saturated heterocycles. The molecule has 0 atom stereocenters. The van der Waals surface area contributed by atoms with Crippen molar-refractivity contribution in [2.24, 2.45) is 17.3 Å². The Morgan fingerprint density at radius 1 is 1.13 bits per heavy atom. The molecule has 0 amide bonds. The van der Waals surface area contributed by atoms with Gasteiger partial charge in [-0.05, 0) is 101 Å². The molecule has 0 heterocycles. The number of rotatable bonds is 7. The Hall–Kier alpha value is -0.560.